The highest BCUT2D eigenvalue weighted by atomic mass is 35.5. The number of rotatable bonds is 10. The van der Waals surface area contributed by atoms with Crippen LogP contribution in [0.5, 0.6) is 11.5 Å². The summed E-state index contributed by atoms with van der Waals surface area (Å²) >= 11 is 12.2. The van der Waals surface area contributed by atoms with Gasteiger partial charge in [0, 0.05) is 28.3 Å². The van der Waals surface area contributed by atoms with Gasteiger partial charge in [-0.1, -0.05) is 47.5 Å². The van der Waals surface area contributed by atoms with Gasteiger partial charge in [0.15, 0.2) is 11.5 Å². The van der Waals surface area contributed by atoms with E-state index < -0.39 is 0 Å². The van der Waals surface area contributed by atoms with Crippen LogP contribution in [-0.4, -0.2) is 35.3 Å². The average molecular weight is 524 g/mol. The third kappa shape index (κ3) is 6.74. The maximum Gasteiger partial charge on any atom is 0.250 e. The molecule has 3 aromatic carbocycles. The highest BCUT2D eigenvalue weighted by Gasteiger charge is 2.09. The molecule has 4 aromatic rings. The lowest BCUT2D eigenvalue weighted by Crippen LogP contribution is -2.07. The maximum atomic E-state index is 6.23. The van der Waals surface area contributed by atoms with Crippen molar-refractivity contribution in [2.75, 3.05) is 30.2 Å². The smallest absolute Gasteiger partial charge is 0.250 e. The number of para-hydroxylation sites is 1. The monoisotopic (exact) mass is 523 g/mol. The first kappa shape index (κ1) is 25.0. The highest BCUT2D eigenvalue weighted by molar-refractivity contribution is 6.35. The molecule has 1 heterocycles. The standard InChI is InChI=1S/C25H23Cl2N7O2/c1-28-23-31-24(30-19-6-4-3-5-7-19)33-25(32-23)34-29-14-16-8-11-21(22(12-16)35-2)36-15-17-9-10-18(26)13-20(17)27/h3-14H,15H2,1-2H3,(H3,28,30,31,32,33,34)/b29-14-. The lowest BCUT2D eigenvalue weighted by Gasteiger charge is -2.12. The van der Waals surface area contributed by atoms with Gasteiger partial charge in [-0.3, -0.25) is 0 Å². The van der Waals surface area contributed by atoms with Crippen molar-refractivity contribution in [1.82, 2.24) is 15.0 Å². The molecule has 0 saturated heterocycles. The van der Waals surface area contributed by atoms with E-state index in [2.05, 4.69) is 36.1 Å². The van der Waals surface area contributed by atoms with E-state index in [1.807, 2.05) is 42.5 Å². The number of nitrogens with zero attached hydrogens (tertiary/aromatic N) is 4. The van der Waals surface area contributed by atoms with Gasteiger partial charge in [-0.15, -0.1) is 0 Å². The summed E-state index contributed by atoms with van der Waals surface area (Å²) < 4.78 is 11.4. The van der Waals surface area contributed by atoms with Crippen LogP contribution in [0, 0.1) is 0 Å². The number of nitrogens with one attached hydrogen (secondary N) is 3. The zero-order chi connectivity index (χ0) is 25.3. The Morgan fingerprint density at radius 2 is 1.67 bits per heavy atom. The molecular formula is C25H23Cl2N7O2. The highest BCUT2D eigenvalue weighted by Crippen LogP contribution is 2.30. The molecule has 0 bridgehead atoms. The fourth-order valence-electron chi connectivity index (χ4n) is 3.09. The van der Waals surface area contributed by atoms with E-state index in [0.717, 1.165) is 16.8 Å². The molecule has 0 aliphatic carbocycles. The van der Waals surface area contributed by atoms with Gasteiger partial charge in [-0.25, -0.2) is 5.43 Å². The number of aromatic nitrogens is 3. The van der Waals surface area contributed by atoms with Gasteiger partial charge in [0.1, 0.15) is 6.61 Å². The van der Waals surface area contributed by atoms with Crippen molar-refractivity contribution < 1.29 is 9.47 Å². The largest absolute Gasteiger partial charge is 0.493 e. The van der Waals surface area contributed by atoms with Gasteiger partial charge in [-0.05, 0) is 48.0 Å². The lowest BCUT2D eigenvalue weighted by atomic mass is 10.2. The van der Waals surface area contributed by atoms with Crippen molar-refractivity contribution in [2.45, 2.75) is 6.61 Å². The fourth-order valence-corrected chi connectivity index (χ4v) is 3.55. The number of ether oxygens (including phenoxy) is 2. The Morgan fingerprint density at radius 1 is 0.889 bits per heavy atom. The van der Waals surface area contributed by atoms with Crippen LogP contribution in [0.3, 0.4) is 0 Å². The second-order valence-electron chi connectivity index (χ2n) is 7.35. The van der Waals surface area contributed by atoms with Crippen molar-refractivity contribution in [3.8, 4) is 11.5 Å². The second kappa shape index (κ2) is 12.1. The fraction of sp³-hybridized carbons (Fsp3) is 0.120. The molecule has 184 valence electrons. The van der Waals surface area contributed by atoms with Crippen LogP contribution in [0.25, 0.3) is 0 Å². The van der Waals surface area contributed by atoms with E-state index in [9.17, 15) is 0 Å². The maximum absolute atomic E-state index is 6.23. The van der Waals surface area contributed by atoms with Gasteiger partial charge >= 0.3 is 0 Å². The molecule has 0 radical (unpaired) electrons. The van der Waals surface area contributed by atoms with Gasteiger partial charge in [0.25, 0.3) is 0 Å². The summed E-state index contributed by atoms with van der Waals surface area (Å²) in [5, 5.41) is 11.4. The summed E-state index contributed by atoms with van der Waals surface area (Å²) in [5.41, 5.74) is 5.28. The molecule has 1 aromatic heterocycles. The van der Waals surface area contributed by atoms with Crippen LogP contribution in [-0.2, 0) is 6.61 Å². The van der Waals surface area contributed by atoms with E-state index in [0.29, 0.717) is 33.4 Å². The molecule has 0 saturated carbocycles. The van der Waals surface area contributed by atoms with Crippen molar-refractivity contribution in [2.24, 2.45) is 5.10 Å². The first-order valence-corrected chi connectivity index (χ1v) is 11.6. The van der Waals surface area contributed by atoms with Crippen LogP contribution in [0.2, 0.25) is 10.0 Å². The number of anilines is 4. The molecule has 3 N–H and O–H groups in total. The Bertz CT molecular complexity index is 1350. The molecule has 0 atom stereocenters. The zero-order valence-corrected chi connectivity index (χ0v) is 21.0. The number of hydrogen-bond acceptors (Lipinski definition) is 9. The van der Waals surface area contributed by atoms with Gasteiger partial charge in [0.05, 0.1) is 13.3 Å². The predicted molar refractivity (Wildman–Crippen MR) is 144 cm³/mol. The van der Waals surface area contributed by atoms with Crippen LogP contribution in [0.1, 0.15) is 11.1 Å². The van der Waals surface area contributed by atoms with E-state index in [1.165, 1.54) is 0 Å². The van der Waals surface area contributed by atoms with E-state index >= 15 is 0 Å². The minimum absolute atomic E-state index is 0.272. The average Bonchev–Trinajstić information content (AvgIpc) is 2.89. The molecule has 36 heavy (non-hydrogen) atoms. The van der Waals surface area contributed by atoms with E-state index in [4.69, 9.17) is 32.7 Å². The summed E-state index contributed by atoms with van der Waals surface area (Å²) in [7, 11) is 3.30. The van der Waals surface area contributed by atoms with Gasteiger partial charge < -0.3 is 20.1 Å². The van der Waals surface area contributed by atoms with Gasteiger partial charge in [0.2, 0.25) is 17.8 Å². The minimum atomic E-state index is 0.272. The summed E-state index contributed by atoms with van der Waals surface area (Å²) in [5.74, 6) is 2.17. The number of benzene rings is 3. The molecule has 0 fully saturated rings. The number of hydrogen-bond donors (Lipinski definition) is 3. The topological polar surface area (TPSA) is 106 Å². The van der Waals surface area contributed by atoms with Gasteiger partial charge in [-0.2, -0.15) is 20.1 Å². The Balaban J connectivity index is 1.43. The van der Waals surface area contributed by atoms with Crippen LogP contribution in [0.15, 0.2) is 71.8 Å². The summed E-state index contributed by atoms with van der Waals surface area (Å²) in [4.78, 5) is 12.9. The normalized spacial score (nSPS) is 10.8. The van der Waals surface area contributed by atoms with Crippen LogP contribution in [0.4, 0.5) is 23.5 Å². The quantitative estimate of drug-likeness (QED) is 0.172. The van der Waals surface area contributed by atoms with Crippen molar-refractivity contribution in [3.05, 3.63) is 87.9 Å². The number of methoxy groups -OCH3 is 1. The third-order valence-electron chi connectivity index (χ3n) is 4.85. The number of hydrazone groups is 1. The SMILES string of the molecule is CNc1nc(N/N=C\c2ccc(OCc3ccc(Cl)cc3Cl)c(OC)c2)nc(Nc2ccccc2)n1. The second-order valence-corrected chi connectivity index (χ2v) is 8.20. The number of halogens is 2. The van der Waals surface area contributed by atoms with Crippen molar-refractivity contribution in [1.29, 1.82) is 0 Å². The zero-order valence-electron chi connectivity index (χ0n) is 19.5. The predicted octanol–water partition coefficient (Wildman–Crippen LogP) is 6.00. The minimum Gasteiger partial charge on any atom is -0.493 e. The summed E-state index contributed by atoms with van der Waals surface area (Å²) in [6.45, 7) is 0.272. The molecule has 11 heteroatoms. The Hall–Kier alpha value is -4.08. The molecule has 4 rings (SSSR count). The molecule has 0 aliphatic heterocycles. The Kier molecular flexibility index (Phi) is 8.38. The molecule has 0 unspecified atom stereocenters. The third-order valence-corrected chi connectivity index (χ3v) is 5.44. The van der Waals surface area contributed by atoms with E-state index in [1.54, 1.807) is 44.6 Å². The molecular weight excluding hydrogens is 501 g/mol. The van der Waals surface area contributed by atoms with Crippen LogP contribution < -0.4 is 25.5 Å². The first-order chi connectivity index (χ1) is 17.5. The lowest BCUT2D eigenvalue weighted by molar-refractivity contribution is 0.284. The van der Waals surface area contributed by atoms with E-state index in [-0.39, 0.29) is 12.6 Å². The van der Waals surface area contributed by atoms with Crippen molar-refractivity contribution >= 4 is 52.9 Å². The summed E-state index contributed by atoms with van der Waals surface area (Å²) in [6, 6.07) is 20.3. The molecule has 0 aliphatic rings. The van der Waals surface area contributed by atoms with Crippen LogP contribution >= 0.6 is 23.2 Å². The first-order valence-electron chi connectivity index (χ1n) is 10.8. The Morgan fingerprint density at radius 3 is 2.42 bits per heavy atom. The summed E-state index contributed by atoms with van der Waals surface area (Å²) in [6.07, 6.45) is 1.62. The Labute approximate surface area is 218 Å². The molecule has 9 nitrogen and oxygen atoms in total. The molecule has 0 spiro atoms. The molecule has 0 amide bonds. The van der Waals surface area contributed by atoms with Crippen molar-refractivity contribution in [3.63, 3.8) is 0 Å².